The van der Waals surface area contributed by atoms with Crippen LogP contribution in [0.3, 0.4) is 0 Å². The summed E-state index contributed by atoms with van der Waals surface area (Å²) in [4.78, 5) is 32.5. The number of nitriles is 1. The third-order valence-corrected chi connectivity index (χ3v) is 9.43. The van der Waals surface area contributed by atoms with Crippen LogP contribution in [-0.4, -0.2) is 86.3 Å². The number of nitrogens with one attached hydrogen (secondary N) is 1. The molecule has 0 bridgehead atoms. The number of amides is 3. The Kier molecular flexibility index (Phi) is 8.23. The Morgan fingerprint density at radius 1 is 0.829 bits per heavy atom. The molecule has 10 nitrogen and oxygen atoms in total. The van der Waals surface area contributed by atoms with Gasteiger partial charge in [0, 0.05) is 57.2 Å². The third-order valence-electron chi connectivity index (χ3n) is 7.51. The van der Waals surface area contributed by atoms with Crippen LogP contribution >= 0.6 is 0 Å². The summed E-state index contributed by atoms with van der Waals surface area (Å²) in [7, 11) is -4.08. The fourth-order valence-corrected chi connectivity index (χ4v) is 6.72. The molecule has 11 heteroatoms. The van der Waals surface area contributed by atoms with Crippen LogP contribution in [0.2, 0.25) is 0 Å². The Hall–Kier alpha value is -4.40. The maximum Gasteiger partial charge on any atom is 0.321 e. The highest BCUT2D eigenvalue weighted by atomic mass is 32.2. The first-order chi connectivity index (χ1) is 19.8. The van der Waals surface area contributed by atoms with Gasteiger partial charge in [0.25, 0.3) is 0 Å². The lowest BCUT2D eigenvalue weighted by atomic mass is 10.1. The summed E-state index contributed by atoms with van der Waals surface area (Å²) in [6.45, 7) is 4.06. The predicted molar refractivity (Wildman–Crippen MR) is 156 cm³/mol. The largest absolute Gasteiger partial charge is 0.368 e. The number of carbonyl (C=O) groups is 2. The van der Waals surface area contributed by atoms with E-state index in [4.69, 9.17) is 5.26 Å². The maximum absolute atomic E-state index is 13.9. The Balaban J connectivity index is 1.36. The summed E-state index contributed by atoms with van der Waals surface area (Å²) in [5, 5.41) is 12.0. The van der Waals surface area contributed by atoms with E-state index >= 15 is 0 Å². The molecule has 2 aliphatic rings. The zero-order valence-electron chi connectivity index (χ0n) is 22.8. The number of carbonyl (C=O) groups excluding carboxylic acids is 2. The summed E-state index contributed by atoms with van der Waals surface area (Å²) < 4.78 is 28.7. The van der Waals surface area contributed by atoms with Crippen molar-refractivity contribution in [2.75, 3.05) is 56.0 Å². The molecule has 3 amide bonds. The zero-order valence-corrected chi connectivity index (χ0v) is 23.6. The molecule has 41 heavy (non-hydrogen) atoms. The first-order valence-electron chi connectivity index (χ1n) is 13.5. The Bertz CT molecular complexity index is 1530. The standard InChI is InChI=1S/C30H32N6O4S/c1-23-7-11-25(12-8-23)32-30(38)35-19-20-36(41(39,40)27-13-9-24(21-31)10-14-27)28(22-35)29(37)34-17-15-33(16-18-34)26-5-3-2-4-6-26/h2-14,28H,15-20,22H2,1H3,(H,32,38). The number of nitrogens with zero attached hydrogens (tertiary/aromatic N) is 5. The van der Waals surface area contributed by atoms with Crippen molar-refractivity contribution in [2.45, 2.75) is 17.9 Å². The van der Waals surface area contributed by atoms with Crippen LogP contribution < -0.4 is 10.2 Å². The van der Waals surface area contributed by atoms with Crippen LogP contribution in [0.25, 0.3) is 0 Å². The number of benzene rings is 3. The number of rotatable bonds is 5. The number of para-hydroxylation sites is 1. The zero-order chi connectivity index (χ0) is 29.0. The van der Waals surface area contributed by atoms with Crippen LogP contribution in [0.15, 0.2) is 83.8 Å². The summed E-state index contributed by atoms with van der Waals surface area (Å²) in [5.74, 6) is -0.331. The van der Waals surface area contributed by atoms with E-state index in [1.807, 2.05) is 55.5 Å². The van der Waals surface area contributed by atoms with Crippen LogP contribution in [0.4, 0.5) is 16.2 Å². The SMILES string of the molecule is Cc1ccc(NC(=O)N2CCN(S(=O)(=O)c3ccc(C#N)cc3)C(C(=O)N3CCN(c4ccccc4)CC3)C2)cc1. The Morgan fingerprint density at radius 2 is 1.46 bits per heavy atom. The van der Waals surface area contributed by atoms with Gasteiger partial charge < -0.3 is 20.0 Å². The van der Waals surface area contributed by atoms with Gasteiger partial charge in [-0.3, -0.25) is 4.79 Å². The van der Waals surface area contributed by atoms with Crippen molar-refractivity contribution in [2.24, 2.45) is 0 Å². The van der Waals surface area contributed by atoms with E-state index in [0.29, 0.717) is 37.4 Å². The molecule has 0 aromatic heterocycles. The van der Waals surface area contributed by atoms with Crippen molar-refractivity contribution in [1.29, 1.82) is 5.26 Å². The molecule has 0 saturated carbocycles. The highest BCUT2D eigenvalue weighted by Crippen LogP contribution is 2.25. The molecule has 5 rings (SSSR count). The van der Waals surface area contributed by atoms with E-state index in [0.717, 1.165) is 11.3 Å². The molecule has 0 aliphatic carbocycles. The first-order valence-corrected chi connectivity index (χ1v) is 14.9. The van der Waals surface area contributed by atoms with Crippen molar-refractivity contribution in [3.8, 4) is 6.07 Å². The monoisotopic (exact) mass is 572 g/mol. The molecule has 2 heterocycles. The van der Waals surface area contributed by atoms with Gasteiger partial charge in [-0.05, 0) is 55.5 Å². The van der Waals surface area contributed by atoms with Gasteiger partial charge in [-0.1, -0.05) is 35.9 Å². The summed E-state index contributed by atoms with van der Waals surface area (Å²) >= 11 is 0. The number of hydrogen-bond donors (Lipinski definition) is 1. The maximum atomic E-state index is 13.9. The average molecular weight is 573 g/mol. The second kappa shape index (κ2) is 12.0. The molecule has 2 saturated heterocycles. The third kappa shape index (κ3) is 6.19. The minimum absolute atomic E-state index is 0.000698. The summed E-state index contributed by atoms with van der Waals surface area (Å²) in [5.41, 5.74) is 3.09. The van der Waals surface area contributed by atoms with Crippen molar-refractivity contribution in [3.63, 3.8) is 0 Å². The molecule has 3 aromatic carbocycles. The number of urea groups is 1. The molecule has 2 fully saturated rings. The van der Waals surface area contributed by atoms with Gasteiger partial charge in [-0.25, -0.2) is 13.2 Å². The molecule has 3 aromatic rings. The molecule has 2 aliphatic heterocycles. The van der Waals surface area contributed by atoms with Crippen LogP contribution in [0, 0.1) is 18.3 Å². The van der Waals surface area contributed by atoms with E-state index in [9.17, 15) is 18.0 Å². The van der Waals surface area contributed by atoms with Crippen molar-refractivity contribution >= 4 is 33.3 Å². The van der Waals surface area contributed by atoms with E-state index in [1.165, 1.54) is 33.5 Å². The molecular weight excluding hydrogens is 540 g/mol. The number of piperazine rings is 2. The number of anilines is 2. The van der Waals surface area contributed by atoms with E-state index in [2.05, 4.69) is 10.2 Å². The highest BCUT2D eigenvalue weighted by Gasteiger charge is 2.43. The molecule has 1 atom stereocenters. The number of sulfonamides is 1. The fraction of sp³-hybridized carbons (Fsp3) is 0.300. The van der Waals surface area contributed by atoms with Gasteiger partial charge in [0.15, 0.2) is 0 Å². The lowest BCUT2D eigenvalue weighted by Gasteiger charge is -2.43. The minimum Gasteiger partial charge on any atom is -0.368 e. The number of hydrogen-bond acceptors (Lipinski definition) is 6. The van der Waals surface area contributed by atoms with Crippen LogP contribution in [0.5, 0.6) is 0 Å². The topological polar surface area (TPSA) is 117 Å². The van der Waals surface area contributed by atoms with Crippen LogP contribution in [0.1, 0.15) is 11.1 Å². The van der Waals surface area contributed by atoms with Gasteiger partial charge in [0.1, 0.15) is 6.04 Å². The van der Waals surface area contributed by atoms with E-state index in [-0.39, 0.29) is 30.4 Å². The fourth-order valence-electron chi connectivity index (χ4n) is 5.15. The van der Waals surface area contributed by atoms with Crippen molar-refractivity contribution in [3.05, 3.63) is 90.0 Å². The second-order valence-corrected chi connectivity index (χ2v) is 12.0. The first kappa shape index (κ1) is 28.1. The Labute approximate surface area is 240 Å². The molecular formula is C30H32N6O4S. The normalized spacial score (nSPS) is 18.0. The average Bonchev–Trinajstić information content (AvgIpc) is 3.02. The van der Waals surface area contributed by atoms with E-state index < -0.39 is 22.1 Å². The van der Waals surface area contributed by atoms with Gasteiger partial charge in [-0.2, -0.15) is 9.57 Å². The van der Waals surface area contributed by atoms with Gasteiger partial charge in [-0.15, -0.1) is 0 Å². The molecule has 212 valence electrons. The summed E-state index contributed by atoms with van der Waals surface area (Å²) in [6.07, 6.45) is 0. The molecule has 1 unspecified atom stereocenters. The lowest BCUT2D eigenvalue weighted by molar-refractivity contribution is -0.137. The smallest absolute Gasteiger partial charge is 0.321 e. The molecule has 1 N–H and O–H groups in total. The van der Waals surface area contributed by atoms with Gasteiger partial charge in [0.05, 0.1) is 16.5 Å². The second-order valence-electron chi connectivity index (χ2n) is 10.2. The Morgan fingerprint density at radius 3 is 2.10 bits per heavy atom. The quantitative estimate of drug-likeness (QED) is 0.502. The minimum atomic E-state index is -4.08. The molecule has 0 spiro atoms. The highest BCUT2D eigenvalue weighted by molar-refractivity contribution is 7.89. The predicted octanol–water partition coefficient (Wildman–Crippen LogP) is 3.12. The van der Waals surface area contributed by atoms with E-state index in [1.54, 1.807) is 17.0 Å². The van der Waals surface area contributed by atoms with Gasteiger partial charge >= 0.3 is 6.03 Å². The summed E-state index contributed by atoms with van der Waals surface area (Å²) in [6, 6.07) is 23.5. The van der Waals surface area contributed by atoms with Crippen molar-refractivity contribution < 1.29 is 18.0 Å². The molecule has 0 radical (unpaired) electrons. The van der Waals surface area contributed by atoms with Crippen molar-refractivity contribution in [1.82, 2.24) is 14.1 Å². The van der Waals surface area contributed by atoms with Crippen LogP contribution in [-0.2, 0) is 14.8 Å². The lowest BCUT2D eigenvalue weighted by Crippen LogP contribution is -2.63. The van der Waals surface area contributed by atoms with Gasteiger partial charge in [0.2, 0.25) is 15.9 Å². The number of aryl methyl sites for hydroxylation is 1.